The number of nitrogens with one attached hydrogen (secondary N) is 1. The van der Waals surface area contributed by atoms with Gasteiger partial charge in [0.25, 0.3) is 5.91 Å². The van der Waals surface area contributed by atoms with Crippen LogP contribution in [0.1, 0.15) is 46.3 Å². The van der Waals surface area contributed by atoms with E-state index in [1.807, 2.05) is 0 Å². The van der Waals surface area contributed by atoms with Gasteiger partial charge in [-0.2, -0.15) is 0 Å². The molecule has 4 nitrogen and oxygen atoms in total. The van der Waals surface area contributed by atoms with E-state index in [0.717, 1.165) is 6.54 Å². The molecule has 0 saturated heterocycles. The van der Waals surface area contributed by atoms with E-state index < -0.39 is 17.8 Å². The third kappa shape index (κ3) is 7.42. The number of hydrogen-bond acceptors (Lipinski definition) is 3. The highest BCUT2D eigenvalue weighted by Crippen LogP contribution is 2.21. The Kier molecular flexibility index (Phi) is 10.3. The summed E-state index contributed by atoms with van der Waals surface area (Å²) in [6, 6.07) is 5.50. The van der Waals surface area contributed by atoms with Crippen molar-refractivity contribution >= 4 is 21.8 Å². The van der Waals surface area contributed by atoms with Crippen molar-refractivity contribution in [2.24, 2.45) is 0 Å². The molecular formula is C17H28BrFN2O2. The topological polar surface area (TPSA) is 52.6 Å². The average molecular weight is 391 g/mol. The number of carbonyl (C=O) groups excluding carboxylic acids is 1. The zero-order valence-electron chi connectivity index (χ0n) is 14.7. The molecule has 6 heteroatoms. The number of nitrogens with zero attached hydrogens (tertiary/aromatic N) is 1. The third-order valence-electron chi connectivity index (χ3n) is 3.44. The second-order valence-corrected chi connectivity index (χ2v) is 6.62. The molecule has 1 unspecified atom stereocenters. The van der Waals surface area contributed by atoms with E-state index in [0.29, 0.717) is 16.6 Å². The monoisotopic (exact) mass is 390 g/mol. The van der Waals surface area contributed by atoms with Gasteiger partial charge in [-0.1, -0.05) is 28.9 Å². The van der Waals surface area contributed by atoms with E-state index >= 15 is 0 Å². The Hall–Kier alpha value is -0.980. The Morgan fingerprint density at radius 1 is 1.30 bits per heavy atom. The van der Waals surface area contributed by atoms with Crippen LogP contribution < -0.4 is 5.32 Å². The number of halogens is 2. The van der Waals surface area contributed by atoms with Crippen molar-refractivity contribution in [3.63, 3.8) is 0 Å². The molecular weight excluding hydrogens is 363 g/mol. The molecule has 1 atom stereocenters. The summed E-state index contributed by atoms with van der Waals surface area (Å²) in [5.74, 6) is -1.25. The molecule has 0 fully saturated rings. The number of likely N-dealkylation sites (N-methyl/N-ethyl adjacent to an activating group) is 1. The molecule has 0 aliphatic heterocycles. The zero-order valence-corrected chi connectivity index (χ0v) is 16.3. The number of aliphatic hydroxyl groups is 1. The second-order valence-electron chi connectivity index (χ2n) is 5.70. The summed E-state index contributed by atoms with van der Waals surface area (Å²) < 4.78 is 13.8. The summed E-state index contributed by atoms with van der Waals surface area (Å²) in [5.41, 5.74) is -0.0347. The van der Waals surface area contributed by atoms with E-state index in [1.54, 1.807) is 6.07 Å². The Labute approximate surface area is 147 Å². The fraction of sp³-hybridized carbons (Fsp3) is 0.588. The fourth-order valence-corrected chi connectivity index (χ4v) is 2.66. The van der Waals surface area contributed by atoms with Crippen molar-refractivity contribution in [1.82, 2.24) is 10.2 Å². The minimum absolute atomic E-state index is 0.0347. The number of amides is 1. The van der Waals surface area contributed by atoms with E-state index in [9.17, 15) is 14.3 Å². The minimum Gasteiger partial charge on any atom is -0.378 e. The Morgan fingerprint density at radius 3 is 2.13 bits per heavy atom. The molecule has 0 saturated carbocycles. The van der Waals surface area contributed by atoms with Gasteiger partial charge in [-0.25, -0.2) is 4.39 Å². The number of hydrogen-bond donors (Lipinski definition) is 2. The smallest absolute Gasteiger partial charge is 0.253 e. The molecule has 1 amide bonds. The highest BCUT2D eigenvalue weighted by atomic mass is 79.9. The van der Waals surface area contributed by atoms with Crippen molar-refractivity contribution in [3.8, 4) is 0 Å². The van der Waals surface area contributed by atoms with Crippen LogP contribution in [0.5, 0.6) is 0 Å². The molecule has 0 heterocycles. The van der Waals surface area contributed by atoms with Crippen molar-refractivity contribution in [3.05, 3.63) is 34.1 Å². The van der Waals surface area contributed by atoms with Crippen LogP contribution in [0.2, 0.25) is 0 Å². The van der Waals surface area contributed by atoms with Crippen molar-refractivity contribution in [1.29, 1.82) is 0 Å². The van der Waals surface area contributed by atoms with Gasteiger partial charge in [0.05, 0.1) is 0 Å². The van der Waals surface area contributed by atoms with Crippen molar-refractivity contribution < 1.29 is 14.3 Å². The molecule has 0 radical (unpaired) electrons. The lowest BCUT2D eigenvalue weighted by Gasteiger charge is -2.28. The van der Waals surface area contributed by atoms with Gasteiger partial charge in [0.2, 0.25) is 0 Å². The van der Waals surface area contributed by atoms with E-state index in [1.165, 1.54) is 19.2 Å². The molecule has 0 spiro atoms. The van der Waals surface area contributed by atoms with Gasteiger partial charge in [-0.15, -0.1) is 0 Å². The standard InChI is InChI=1S/C9H9BrFNO2.C8H19N/c1-12-9(14)8(13)6-3-2-5(10)4-7(6)11;1-6-9(7(2)3)8(4)5/h2-4,8,13H,1H3,(H,12,14);7-8H,6H2,1-5H3. The molecule has 132 valence electrons. The number of aliphatic hydroxyl groups excluding tert-OH is 1. The van der Waals surface area contributed by atoms with Crippen LogP contribution in [0, 0.1) is 5.82 Å². The lowest BCUT2D eigenvalue weighted by molar-refractivity contribution is -0.129. The second kappa shape index (κ2) is 10.7. The minimum atomic E-state index is -1.46. The Bertz CT molecular complexity index is 487. The maximum atomic E-state index is 13.2. The fourth-order valence-electron chi connectivity index (χ4n) is 2.33. The van der Waals surface area contributed by atoms with Gasteiger partial charge in [0, 0.05) is 29.2 Å². The lowest BCUT2D eigenvalue weighted by atomic mass is 10.1. The number of benzene rings is 1. The van der Waals surface area contributed by atoms with Gasteiger partial charge in [0.1, 0.15) is 5.82 Å². The van der Waals surface area contributed by atoms with Crippen LogP contribution in [-0.4, -0.2) is 41.6 Å². The molecule has 0 aliphatic carbocycles. The first kappa shape index (κ1) is 22.0. The summed E-state index contributed by atoms with van der Waals surface area (Å²) in [5, 5.41) is 11.6. The molecule has 1 aromatic carbocycles. The van der Waals surface area contributed by atoms with Gasteiger partial charge in [-0.05, 0) is 46.4 Å². The molecule has 0 aromatic heterocycles. The summed E-state index contributed by atoms with van der Waals surface area (Å²) in [6.07, 6.45) is -1.46. The normalized spacial score (nSPS) is 12.2. The van der Waals surface area contributed by atoms with Crippen LogP contribution in [0.4, 0.5) is 4.39 Å². The predicted octanol–water partition coefficient (Wildman–Crippen LogP) is 3.49. The van der Waals surface area contributed by atoms with Gasteiger partial charge in [-0.3, -0.25) is 9.69 Å². The number of rotatable bonds is 5. The summed E-state index contributed by atoms with van der Waals surface area (Å²) in [7, 11) is 1.38. The zero-order chi connectivity index (χ0) is 18.2. The largest absolute Gasteiger partial charge is 0.378 e. The summed E-state index contributed by atoms with van der Waals surface area (Å²) in [4.78, 5) is 13.5. The Morgan fingerprint density at radius 2 is 1.83 bits per heavy atom. The van der Waals surface area contributed by atoms with Gasteiger partial charge >= 0.3 is 0 Å². The average Bonchev–Trinajstić information content (AvgIpc) is 2.46. The van der Waals surface area contributed by atoms with E-state index in [-0.39, 0.29) is 5.56 Å². The van der Waals surface area contributed by atoms with Crippen molar-refractivity contribution in [2.45, 2.75) is 52.8 Å². The number of carbonyl (C=O) groups is 1. The molecule has 1 aromatic rings. The first-order valence-electron chi connectivity index (χ1n) is 7.75. The third-order valence-corrected chi connectivity index (χ3v) is 3.94. The molecule has 0 bridgehead atoms. The SMILES string of the molecule is CCN(C(C)C)C(C)C.CNC(=O)C(O)c1ccc(Br)cc1F. The van der Waals surface area contributed by atoms with Crippen LogP contribution in [0.15, 0.2) is 22.7 Å². The first-order valence-corrected chi connectivity index (χ1v) is 8.55. The maximum Gasteiger partial charge on any atom is 0.253 e. The molecule has 2 N–H and O–H groups in total. The van der Waals surface area contributed by atoms with Crippen LogP contribution in [0.3, 0.4) is 0 Å². The van der Waals surface area contributed by atoms with Gasteiger partial charge in [0.15, 0.2) is 6.10 Å². The molecule has 0 aliphatic rings. The van der Waals surface area contributed by atoms with E-state index in [2.05, 4.69) is 60.8 Å². The van der Waals surface area contributed by atoms with Crippen molar-refractivity contribution in [2.75, 3.05) is 13.6 Å². The highest BCUT2D eigenvalue weighted by Gasteiger charge is 2.19. The quantitative estimate of drug-likeness (QED) is 0.808. The van der Waals surface area contributed by atoms with Crippen LogP contribution >= 0.6 is 15.9 Å². The van der Waals surface area contributed by atoms with Crippen LogP contribution in [-0.2, 0) is 4.79 Å². The highest BCUT2D eigenvalue weighted by molar-refractivity contribution is 9.10. The van der Waals surface area contributed by atoms with E-state index in [4.69, 9.17) is 0 Å². The summed E-state index contributed by atoms with van der Waals surface area (Å²) in [6.45, 7) is 12.3. The molecule has 1 rings (SSSR count). The molecule has 23 heavy (non-hydrogen) atoms. The van der Waals surface area contributed by atoms with Gasteiger partial charge < -0.3 is 10.4 Å². The Balaban J connectivity index is 0.000000468. The first-order chi connectivity index (χ1) is 10.6. The summed E-state index contributed by atoms with van der Waals surface area (Å²) >= 11 is 3.08. The lowest BCUT2D eigenvalue weighted by Crippen LogP contribution is -2.36. The predicted molar refractivity (Wildman–Crippen MR) is 95.8 cm³/mol. The maximum absolute atomic E-state index is 13.2. The van der Waals surface area contributed by atoms with Crippen LogP contribution in [0.25, 0.3) is 0 Å².